The van der Waals surface area contributed by atoms with Crippen LogP contribution in [0, 0.1) is 0 Å². The third-order valence-corrected chi connectivity index (χ3v) is 12.0. The second kappa shape index (κ2) is 8.97. The SMILES string of the molecule is c1ccc2c(c1)ccc1c(-c3cccc4c3oc3ccccc34)nc(-n3c4cccc5c6cccc7c8cccc9c%10ccc3c(c54)c%10n(c67)c89)nc12. The van der Waals surface area contributed by atoms with Gasteiger partial charge in [-0.25, -0.2) is 9.97 Å². The smallest absolute Gasteiger partial charge is 0.235 e. The Labute approximate surface area is 299 Å². The van der Waals surface area contributed by atoms with Crippen molar-refractivity contribution < 1.29 is 4.42 Å². The van der Waals surface area contributed by atoms with Crippen LogP contribution in [-0.2, 0) is 0 Å². The molecule has 14 rings (SSSR count). The molecule has 6 aromatic heterocycles. The molecule has 242 valence electrons. The van der Waals surface area contributed by atoms with E-state index >= 15 is 0 Å². The van der Waals surface area contributed by atoms with E-state index in [1.54, 1.807) is 0 Å². The van der Waals surface area contributed by atoms with E-state index in [1.807, 2.05) is 12.1 Å². The topological polar surface area (TPSA) is 48.3 Å². The monoisotopic (exact) mass is 672 g/mol. The summed E-state index contributed by atoms with van der Waals surface area (Å²) in [7, 11) is 0. The molecule has 0 bridgehead atoms. The third kappa shape index (κ3) is 3.01. The van der Waals surface area contributed by atoms with Crippen LogP contribution in [0.25, 0.3) is 131 Å². The molecule has 0 aliphatic rings. The summed E-state index contributed by atoms with van der Waals surface area (Å²) in [6, 6.07) is 52.4. The Bertz CT molecular complexity index is 3860. The average molecular weight is 673 g/mol. The van der Waals surface area contributed by atoms with E-state index in [-0.39, 0.29) is 0 Å². The Hall–Kier alpha value is -7.24. The maximum Gasteiger partial charge on any atom is 0.235 e. The van der Waals surface area contributed by atoms with E-state index in [4.69, 9.17) is 14.4 Å². The number of hydrogen-bond acceptors (Lipinski definition) is 3. The largest absolute Gasteiger partial charge is 0.455 e. The van der Waals surface area contributed by atoms with Gasteiger partial charge in [0, 0.05) is 64.8 Å². The molecule has 0 N–H and O–H groups in total. The molecule has 0 aliphatic carbocycles. The predicted molar refractivity (Wildman–Crippen MR) is 219 cm³/mol. The number of rotatable bonds is 2. The van der Waals surface area contributed by atoms with Gasteiger partial charge in [-0.3, -0.25) is 4.57 Å². The average Bonchev–Trinajstić information content (AvgIpc) is 3.93. The van der Waals surface area contributed by atoms with Crippen molar-refractivity contribution in [2.75, 3.05) is 0 Å². The number of para-hydroxylation sites is 4. The van der Waals surface area contributed by atoms with E-state index in [2.05, 4.69) is 142 Å². The van der Waals surface area contributed by atoms with Crippen LogP contribution in [0.5, 0.6) is 0 Å². The molecule has 0 saturated carbocycles. The van der Waals surface area contributed by atoms with Gasteiger partial charge in [0.25, 0.3) is 0 Å². The van der Waals surface area contributed by atoms with Crippen LogP contribution >= 0.6 is 0 Å². The van der Waals surface area contributed by atoms with Crippen LogP contribution in [0.3, 0.4) is 0 Å². The van der Waals surface area contributed by atoms with Gasteiger partial charge in [0.2, 0.25) is 5.95 Å². The molecule has 5 nitrogen and oxygen atoms in total. The fourth-order valence-electron chi connectivity index (χ4n) is 9.89. The van der Waals surface area contributed by atoms with Crippen molar-refractivity contribution in [1.29, 1.82) is 0 Å². The molecular formula is C48H24N4O. The number of benzene rings is 8. The summed E-state index contributed by atoms with van der Waals surface area (Å²) < 4.78 is 11.5. The normalized spacial score (nSPS) is 12.9. The van der Waals surface area contributed by atoms with Crippen LogP contribution in [0.15, 0.2) is 150 Å². The van der Waals surface area contributed by atoms with Gasteiger partial charge in [-0.05, 0) is 41.1 Å². The lowest BCUT2D eigenvalue weighted by atomic mass is 10.0. The molecule has 0 fully saturated rings. The standard InChI is InChI=1S/C48H24N4O/c1-2-10-26-25(9-1)21-22-35-42(26)49-48(50-43(35)36-18-7-17-34-27-11-3-4-20-39(27)53-47(34)36)51-37-19-8-12-28-29-13-5-14-30-31-15-6-16-32-33-23-24-38(51)41(40(28)37)46(33)52(44(29)30)45(31)32/h1-24H. The summed E-state index contributed by atoms with van der Waals surface area (Å²) in [4.78, 5) is 11.1. The Morgan fingerprint density at radius 3 is 1.89 bits per heavy atom. The van der Waals surface area contributed by atoms with Gasteiger partial charge in [0.1, 0.15) is 11.2 Å². The number of hydrogen-bond donors (Lipinski definition) is 0. The lowest BCUT2D eigenvalue weighted by Crippen LogP contribution is -2.04. The summed E-state index contributed by atoms with van der Waals surface area (Å²) in [5.74, 6) is 0.640. The second-order valence-electron chi connectivity index (χ2n) is 14.5. The van der Waals surface area contributed by atoms with Gasteiger partial charge in [0.05, 0.1) is 38.8 Å². The Kier molecular flexibility index (Phi) is 4.49. The van der Waals surface area contributed by atoms with Gasteiger partial charge in [-0.2, -0.15) is 0 Å². The zero-order valence-electron chi connectivity index (χ0n) is 28.1. The summed E-state index contributed by atoms with van der Waals surface area (Å²) in [6.07, 6.45) is 0. The van der Waals surface area contributed by atoms with Crippen LogP contribution < -0.4 is 0 Å². The summed E-state index contributed by atoms with van der Waals surface area (Å²) in [5, 5.41) is 15.5. The van der Waals surface area contributed by atoms with E-state index in [0.29, 0.717) is 5.95 Å². The van der Waals surface area contributed by atoms with Crippen molar-refractivity contribution >= 4 is 114 Å². The fraction of sp³-hybridized carbons (Fsp3) is 0. The maximum absolute atomic E-state index is 6.63. The molecule has 5 heteroatoms. The molecule has 0 unspecified atom stereocenters. The quantitative estimate of drug-likeness (QED) is 0.172. The van der Waals surface area contributed by atoms with Crippen LogP contribution in [0.2, 0.25) is 0 Å². The van der Waals surface area contributed by atoms with Crippen LogP contribution in [0.1, 0.15) is 0 Å². The van der Waals surface area contributed by atoms with Gasteiger partial charge >= 0.3 is 0 Å². The number of fused-ring (bicyclic) bond motifs is 9. The molecule has 6 heterocycles. The zero-order valence-corrected chi connectivity index (χ0v) is 28.1. The lowest BCUT2D eigenvalue weighted by molar-refractivity contribution is 0.670. The maximum atomic E-state index is 6.63. The molecule has 0 aliphatic heterocycles. The minimum absolute atomic E-state index is 0.640. The highest BCUT2D eigenvalue weighted by Crippen LogP contribution is 2.49. The van der Waals surface area contributed by atoms with Crippen molar-refractivity contribution in [3.63, 3.8) is 0 Å². The molecule has 0 atom stereocenters. The van der Waals surface area contributed by atoms with Gasteiger partial charge in [-0.1, -0.05) is 115 Å². The molecule has 8 aromatic carbocycles. The first kappa shape index (κ1) is 26.6. The first-order chi connectivity index (χ1) is 26.3. The van der Waals surface area contributed by atoms with Crippen molar-refractivity contribution in [1.82, 2.24) is 18.9 Å². The summed E-state index contributed by atoms with van der Waals surface area (Å²) in [5.41, 5.74) is 10.4. The lowest BCUT2D eigenvalue weighted by Gasteiger charge is -2.14. The Morgan fingerprint density at radius 2 is 1.04 bits per heavy atom. The van der Waals surface area contributed by atoms with Crippen molar-refractivity contribution in [3.8, 4) is 17.2 Å². The highest BCUT2D eigenvalue weighted by molar-refractivity contribution is 6.37. The first-order valence-corrected chi connectivity index (χ1v) is 18.1. The number of furan rings is 1. The highest BCUT2D eigenvalue weighted by Gasteiger charge is 2.27. The molecule has 0 saturated heterocycles. The highest BCUT2D eigenvalue weighted by atomic mass is 16.3. The molecule has 0 amide bonds. The fourth-order valence-corrected chi connectivity index (χ4v) is 9.89. The van der Waals surface area contributed by atoms with E-state index in [1.165, 1.54) is 59.6 Å². The van der Waals surface area contributed by atoms with E-state index in [0.717, 1.165) is 65.9 Å². The van der Waals surface area contributed by atoms with Crippen molar-refractivity contribution in [2.45, 2.75) is 0 Å². The summed E-state index contributed by atoms with van der Waals surface area (Å²) >= 11 is 0. The molecular weight excluding hydrogens is 649 g/mol. The van der Waals surface area contributed by atoms with Crippen LogP contribution in [-0.4, -0.2) is 18.9 Å². The molecule has 0 spiro atoms. The van der Waals surface area contributed by atoms with Gasteiger partial charge in [-0.15, -0.1) is 0 Å². The number of nitrogens with zero attached hydrogens (tertiary/aromatic N) is 4. The molecule has 53 heavy (non-hydrogen) atoms. The Balaban J connectivity index is 1.20. The van der Waals surface area contributed by atoms with E-state index < -0.39 is 0 Å². The zero-order chi connectivity index (χ0) is 34.1. The molecule has 14 aromatic rings. The first-order valence-electron chi connectivity index (χ1n) is 18.1. The van der Waals surface area contributed by atoms with Gasteiger partial charge in [0.15, 0.2) is 0 Å². The second-order valence-corrected chi connectivity index (χ2v) is 14.5. The van der Waals surface area contributed by atoms with Crippen molar-refractivity contribution in [3.05, 3.63) is 146 Å². The number of aromatic nitrogens is 4. The Morgan fingerprint density at radius 1 is 0.415 bits per heavy atom. The van der Waals surface area contributed by atoms with Crippen LogP contribution in [0.4, 0.5) is 0 Å². The predicted octanol–water partition coefficient (Wildman–Crippen LogP) is 12.6. The van der Waals surface area contributed by atoms with Gasteiger partial charge < -0.3 is 8.82 Å². The summed E-state index contributed by atoms with van der Waals surface area (Å²) in [6.45, 7) is 0. The molecule has 0 radical (unpaired) electrons. The minimum atomic E-state index is 0.640. The minimum Gasteiger partial charge on any atom is -0.455 e. The van der Waals surface area contributed by atoms with E-state index in [9.17, 15) is 0 Å². The third-order valence-electron chi connectivity index (χ3n) is 12.0. The van der Waals surface area contributed by atoms with Crippen molar-refractivity contribution in [2.24, 2.45) is 0 Å².